The first kappa shape index (κ1) is 9.79. The van der Waals surface area contributed by atoms with Gasteiger partial charge in [-0.25, -0.2) is 0 Å². The Morgan fingerprint density at radius 3 is 2.15 bits per heavy atom. The molecule has 3 unspecified atom stereocenters. The maximum Gasteiger partial charge on any atom is 0.00749 e. The Labute approximate surface area is 87.1 Å². The summed E-state index contributed by atoms with van der Waals surface area (Å²) in [7, 11) is 0. The smallest absolute Gasteiger partial charge is 0.00749 e. The lowest BCUT2D eigenvalue weighted by molar-refractivity contribution is 0.150. The van der Waals surface area contributed by atoms with E-state index in [-0.39, 0.29) is 12.4 Å². The summed E-state index contributed by atoms with van der Waals surface area (Å²) in [6, 6.07) is 1.70. The third-order valence-electron chi connectivity index (χ3n) is 4.38. The van der Waals surface area contributed by atoms with E-state index >= 15 is 0 Å². The Morgan fingerprint density at radius 2 is 1.54 bits per heavy atom. The molecule has 0 radical (unpaired) electrons. The number of nitrogens with one attached hydrogen (secondary N) is 1. The SMILES string of the molecule is CC1NC2CC3CC(C2)CC1C3.Cl. The van der Waals surface area contributed by atoms with E-state index in [0.717, 1.165) is 29.8 Å². The van der Waals surface area contributed by atoms with E-state index in [1.165, 1.54) is 25.7 Å². The highest BCUT2D eigenvalue weighted by Crippen LogP contribution is 2.46. The van der Waals surface area contributed by atoms with Gasteiger partial charge in [-0.15, -0.1) is 12.4 Å². The number of hydrogen-bond acceptors (Lipinski definition) is 1. The summed E-state index contributed by atoms with van der Waals surface area (Å²) in [6.45, 7) is 2.40. The van der Waals surface area contributed by atoms with E-state index in [0.29, 0.717) is 0 Å². The Kier molecular flexibility index (Phi) is 2.59. The summed E-state index contributed by atoms with van der Waals surface area (Å²) in [4.78, 5) is 0. The fourth-order valence-electron chi connectivity index (χ4n) is 3.95. The average molecular weight is 202 g/mol. The van der Waals surface area contributed by atoms with Gasteiger partial charge in [0.15, 0.2) is 0 Å². The van der Waals surface area contributed by atoms with Crippen LogP contribution in [0.3, 0.4) is 0 Å². The second-order valence-corrected chi connectivity index (χ2v) is 5.32. The molecular weight excluding hydrogens is 182 g/mol. The van der Waals surface area contributed by atoms with Gasteiger partial charge in [0.25, 0.3) is 0 Å². The summed E-state index contributed by atoms with van der Waals surface area (Å²) in [5, 5.41) is 3.80. The predicted molar refractivity (Wildman–Crippen MR) is 57.2 cm³/mol. The fourth-order valence-corrected chi connectivity index (χ4v) is 3.95. The van der Waals surface area contributed by atoms with Gasteiger partial charge in [-0.2, -0.15) is 0 Å². The molecule has 2 saturated heterocycles. The zero-order valence-electron chi connectivity index (χ0n) is 8.33. The molecule has 1 nitrogen and oxygen atoms in total. The van der Waals surface area contributed by atoms with Crippen molar-refractivity contribution < 1.29 is 0 Å². The molecule has 13 heavy (non-hydrogen) atoms. The minimum absolute atomic E-state index is 0. The average Bonchev–Trinajstić information content (AvgIpc) is 2.16. The van der Waals surface area contributed by atoms with Crippen LogP contribution in [0.2, 0.25) is 0 Å². The van der Waals surface area contributed by atoms with Crippen molar-refractivity contribution in [3.05, 3.63) is 0 Å². The van der Waals surface area contributed by atoms with Crippen LogP contribution in [0.1, 0.15) is 39.0 Å². The van der Waals surface area contributed by atoms with Gasteiger partial charge in [-0.05, 0) is 56.8 Å². The fraction of sp³-hybridized carbons (Fsp3) is 1.00. The maximum atomic E-state index is 3.80. The third kappa shape index (κ3) is 1.61. The molecule has 4 aliphatic rings. The molecule has 76 valence electrons. The minimum Gasteiger partial charge on any atom is -0.311 e. The molecule has 1 N–H and O–H groups in total. The van der Waals surface area contributed by atoms with Crippen LogP contribution in [0.15, 0.2) is 0 Å². The van der Waals surface area contributed by atoms with Crippen molar-refractivity contribution in [1.82, 2.24) is 5.32 Å². The van der Waals surface area contributed by atoms with Gasteiger partial charge in [0, 0.05) is 12.1 Å². The summed E-state index contributed by atoms with van der Waals surface area (Å²) in [5.74, 6) is 3.19. The number of halogens is 1. The van der Waals surface area contributed by atoms with E-state index in [9.17, 15) is 0 Å². The van der Waals surface area contributed by atoms with Crippen LogP contribution in [0, 0.1) is 17.8 Å². The molecule has 2 heteroatoms. The zero-order chi connectivity index (χ0) is 8.13. The van der Waals surface area contributed by atoms with Crippen molar-refractivity contribution in [3.8, 4) is 0 Å². The van der Waals surface area contributed by atoms with E-state index in [4.69, 9.17) is 0 Å². The molecule has 0 aromatic heterocycles. The molecule has 2 aliphatic heterocycles. The van der Waals surface area contributed by atoms with Crippen LogP contribution in [0.4, 0.5) is 0 Å². The standard InChI is InChI=1S/C11H19N.ClH/c1-7-10-3-8-2-9(4-10)6-11(5-8)12-7;/h7-12H,2-6H2,1H3;1H. The van der Waals surface area contributed by atoms with Gasteiger partial charge in [-0.1, -0.05) is 0 Å². The van der Waals surface area contributed by atoms with Gasteiger partial charge in [-0.3, -0.25) is 0 Å². The molecule has 0 spiro atoms. The van der Waals surface area contributed by atoms with Gasteiger partial charge >= 0.3 is 0 Å². The van der Waals surface area contributed by atoms with Gasteiger partial charge < -0.3 is 5.32 Å². The Balaban J connectivity index is 0.000000653. The molecule has 4 fully saturated rings. The highest BCUT2D eigenvalue weighted by Gasteiger charge is 2.41. The Bertz CT molecular complexity index is 181. The number of rotatable bonds is 0. The third-order valence-corrected chi connectivity index (χ3v) is 4.38. The van der Waals surface area contributed by atoms with E-state index < -0.39 is 0 Å². The molecular formula is C11H20ClN. The quantitative estimate of drug-likeness (QED) is 0.636. The molecule has 2 saturated carbocycles. The highest BCUT2D eigenvalue weighted by molar-refractivity contribution is 5.85. The first-order chi connectivity index (χ1) is 5.81. The summed E-state index contributed by atoms with van der Waals surface area (Å²) >= 11 is 0. The molecule has 3 atom stereocenters. The summed E-state index contributed by atoms with van der Waals surface area (Å²) < 4.78 is 0. The summed E-state index contributed by atoms with van der Waals surface area (Å²) in [5.41, 5.74) is 0. The van der Waals surface area contributed by atoms with Gasteiger partial charge in [0.2, 0.25) is 0 Å². The maximum absolute atomic E-state index is 3.80. The van der Waals surface area contributed by atoms with E-state index in [1.54, 1.807) is 6.42 Å². The minimum atomic E-state index is 0. The normalized spacial score (nSPS) is 52.8. The molecule has 0 amide bonds. The monoisotopic (exact) mass is 201 g/mol. The molecule has 0 aromatic rings. The van der Waals surface area contributed by atoms with Crippen LogP contribution in [0.5, 0.6) is 0 Å². The lowest BCUT2D eigenvalue weighted by atomic mass is 9.67. The van der Waals surface area contributed by atoms with Crippen LogP contribution >= 0.6 is 12.4 Å². The molecule has 4 bridgehead atoms. The van der Waals surface area contributed by atoms with Crippen molar-refractivity contribution in [2.24, 2.45) is 17.8 Å². The van der Waals surface area contributed by atoms with Crippen LogP contribution < -0.4 is 5.32 Å². The number of fused-ring (bicyclic) bond motifs is 1. The second-order valence-electron chi connectivity index (χ2n) is 5.32. The highest BCUT2D eigenvalue weighted by atomic mass is 35.5. The second kappa shape index (κ2) is 3.43. The van der Waals surface area contributed by atoms with Crippen molar-refractivity contribution in [3.63, 3.8) is 0 Å². The van der Waals surface area contributed by atoms with Crippen LogP contribution in [0.25, 0.3) is 0 Å². The van der Waals surface area contributed by atoms with Crippen molar-refractivity contribution >= 4 is 12.4 Å². The topological polar surface area (TPSA) is 12.0 Å². The van der Waals surface area contributed by atoms with E-state index in [1.807, 2.05) is 0 Å². The largest absolute Gasteiger partial charge is 0.311 e. The lowest BCUT2D eigenvalue weighted by Crippen LogP contribution is -2.37. The number of hydrogen-bond donors (Lipinski definition) is 1. The Morgan fingerprint density at radius 1 is 0.923 bits per heavy atom. The van der Waals surface area contributed by atoms with Crippen LogP contribution in [-0.4, -0.2) is 12.1 Å². The first-order valence-electron chi connectivity index (χ1n) is 5.57. The van der Waals surface area contributed by atoms with Gasteiger partial charge in [0.05, 0.1) is 0 Å². The van der Waals surface area contributed by atoms with Gasteiger partial charge in [0.1, 0.15) is 0 Å². The summed E-state index contributed by atoms with van der Waals surface area (Å²) in [6.07, 6.45) is 7.58. The first-order valence-corrected chi connectivity index (χ1v) is 5.57. The zero-order valence-corrected chi connectivity index (χ0v) is 9.15. The van der Waals surface area contributed by atoms with Crippen LogP contribution in [-0.2, 0) is 0 Å². The Hall–Kier alpha value is 0.250. The molecule has 0 aromatic carbocycles. The predicted octanol–water partition coefficient (Wildman–Crippen LogP) is 2.59. The van der Waals surface area contributed by atoms with E-state index in [2.05, 4.69) is 12.2 Å². The molecule has 2 aliphatic carbocycles. The van der Waals surface area contributed by atoms with Crippen molar-refractivity contribution in [2.75, 3.05) is 0 Å². The molecule has 2 heterocycles. The molecule has 4 rings (SSSR count). The van der Waals surface area contributed by atoms with Crippen molar-refractivity contribution in [1.29, 1.82) is 0 Å². The van der Waals surface area contributed by atoms with Crippen molar-refractivity contribution in [2.45, 2.75) is 51.1 Å². The lowest BCUT2D eigenvalue weighted by Gasteiger charge is -2.38.